The van der Waals surface area contributed by atoms with Crippen molar-refractivity contribution in [1.29, 1.82) is 5.26 Å². The lowest BCUT2D eigenvalue weighted by molar-refractivity contribution is 0.569. The van der Waals surface area contributed by atoms with E-state index in [0.29, 0.717) is 23.7 Å². The van der Waals surface area contributed by atoms with E-state index < -0.39 is 0 Å². The number of nitriles is 1. The molecular weight excluding hydrogens is 204 g/mol. The minimum absolute atomic E-state index is 0.467. The van der Waals surface area contributed by atoms with Gasteiger partial charge in [0, 0.05) is 12.7 Å². The molecule has 0 aromatic carbocycles. The van der Waals surface area contributed by atoms with Crippen LogP contribution in [-0.4, -0.2) is 17.0 Å². The molecule has 5 nitrogen and oxygen atoms in total. The topological polar surface area (TPSA) is 74.7 Å². The fraction of sp³-hybridized carbons (Fsp3) is 0.182. The highest BCUT2D eigenvalue weighted by atomic mass is 16.3. The summed E-state index contributed by atoms with van der Waals surface area (Å²) in [6, 6.07) is 5.41. The van der Waals surface area contributed by atoms with Crippen LogP contribution in [0.3, 0.4) is 0 Å². The molecule has 0 radical (unpaired) electrons. The standard InChI is InChI=1S/C11H10N4O/c1-13-6-9-7-16-11(15-9)10-3-2-8(4-12)5-14-10/h2-3,5,7,13H,6H2,1H3. The number of aromatic nitrogens is 2. The van der Waals surface area contributed by atoms with Crippen LogP contribution in [0.4, 0.5) is 0 Å². The summed E-state index contributed by atoms with van der Waals surface area (Å²) in [5.41, 5.74) is 1.97. The van der Waals surface area contributed by atoms with Gasteiger partial charge < -0.3 is 9.73 Å². The number of hydrogen-bond donors (Lipinski definition) is 1. The monoisotopic (exact) mass is 214 g/mol. The summed E-state index contributed by atoms with van der Waals surface area (Å²) in [6.45, 7) is 0.653. The van der Waals surface area contributed by atoms with E-state index in [9.17, 15) is 0 Å². The molecule has 0 fully saturated rings. The van der Waals surface area contributed by atoms with Gasteiger partial charge in [-0.1, -0.05) is 0 Å². The summed E-state index contributed by atoms with van der Waals surface area (Å²) in [6.07, 6.45) is 3.09. The molecular formula is C11H10N4O. The van der Waals surface area contributed by atoms with Crippen LogP contribution in [0.15, 0.2) is 29.0 Å². The molecule has 1 N–H and O–H groups in total. The maximum absolute atomic E-state index is 8.64. The zero-order valence-corrected chi connectivity index (χ0v) is 8.77. The Labute approximate surface area is 92.8 Å². The highest BCUT2D eigenvalue weighted by Gasteiger charge is 2.07. The van der Waals surface area contributed by atoms with Gasteiger partial charge in [0.2, 0.25) is 5.89 Å². The van der Waals surface area contributed by atoms with Crippen LogP contribution in [0.5, 0.6) is 0 Å². The van der Waals surface area contributed by atoms with Crippen LogP contribution in [-0.2, 0) is 6.54 Å². The number of hydrogen-bond acceptors (Lipinski definition) is 5. The highest BCUT2D eigenvalue weighted by molar-refractivity contribution is 5.48. The van der Waals surface area contributed by atoms with E-state index in [1.54, 1.807) is 18.4 Å². The van der Waals surface area contributed by atoms with Gasteiger partial charge in [-0.05, 0) is 19.2 Å². The second-order valence-electron chi connectivity index (χ2n) is 3.22. The van der Waals surface area contributed by atoms with Gasteiger partial charge in [0.25, 0.3) is 0 Å². The Morgan fingerprint density at radius 3 is 3.00 bits per heavy atom. The van der Waals surface area contributed by atoms with Crippen molar-refractivity contribution in [2.24, 2.45) is 0 Å². The van der Waals surface area contributed by atoms with Crippen LogP contribution < -0.4 is 5.32 Å². The van der Waals surface area contributed by atoms with Crippen molar-refractivity contribution in [1.82, 2.24) is 15.3 Å². The van der Waals surface area contributed by atoms with Crippen LogP contribution >= 0.6 is 0 Å². The lowest BCUT2D eigenvalue weighted by atomic mass is 10.3. The summed E-state index contributed by atoms with van der Waals surface area (Å²) in [5, 5.41) is 11.6. The average Bonchev–Trinajstić information content (AvgIpc) is 2.78. The lowest BCUT2D eigenvalue weighted by Crippen LogP contribution is -2.04. The Morgan fingerprint density at radius 2 is 2.38 bits per heavy atom. The van der Waals surface area contributed by atoms with E-state index in [4.69, 9.17) is 9.68 Å². The minimum Gasteiger partial charge on any atom is -0.443 e. The molecule has 16 heavy (non-hydrogen) atoms. The first kappa shape index (κ1) is 10.3. The van der Waals surface area contributed by atoms with Crippen molar-refractivity contribution in [2.75, 3.05) is 7.05 Å². The Bertz CT molecular complexity index is 510. The molecule has 5 heteroatoms. The largest absolute Gasteiger partial charge is 0.443 e. The van der Waals surface area contributed by atoms with E-state index in [1.807, 2.05) is 13.1 Å². The van der Waals surface area contributed by atoms with Crippen molar-refractivity contribution in [3.8, 4) is 17.7 Å². The summed E-state index contributed by atoms with van der Waals surface area (Å²) < 4.78 is 5.28. The van der Waals surface area contributed by atoms with Crippen LogP contribution in [0.25, 0.3) is 11.6 Å². The maximum Gasteiger partial charge on any atom is 0.245 e. The predicted molar refractivity (Wildman–Crippen MR) is 57.2 cm³/mol. The van der Waals surface area contributed by atoms with Crippen molar-refractivity contribution in [3.63, 3.8) is 0 Å². The van der Waals surface area contributed by atoms with Gasteiger partial charge in [-0.3, -0.25) is 0 Å². The van der Waals surface area contributed by atoms with Gasteiger partial charge >= 0.3 is 0 Å². The second kappa shape index (κ2) is 4.55. The number of oxazole rings is 1. The Hall–Kier alpha value is -2.19. The molecule has 0 aliphatic rings. The van der Waals surface area contributed by atoms with E-state index in [-0.39, 0.29) is 0 Å². The first-order valence-corrected chi connectivity index (χ1v) is 4.79. The number of nitrogens with zero attached hydrogens (tertiary/aromatic N) is 3. The second-order valence-corrected chi connectivity index (χ2v) is 3.22. The third kappa shape index (κ3) is 2.07. The highest BCUT2D eigenvalue weighted by Crippen LogP contribution is 2.16. The number of pyridine rings is 1. The van der Waals surface area contributed by atoms with Gasteiger partial charge in [0.15, 0.2) is 0 Å². The molecule has 2 aromatic heterocycles. The molecule has 0 unspecified atom stereocenters. The molecule has 0 spiro atoms. The summed E-state index contributed by atoms with van der Waals surface area (Å²) in [4.78, 5) is 8.35. The molecule has 0 aliphatic carbocycles. The van der Waals surface area contributed by atoms with E-state index in [1.165, 1.54) is 6.20 Å². The molecule has 2 aromatic rings. The van der Waals surface area contributed by atoms with E-state index in [2.05, 4.69) is 15.3 Å². The zero-order valence-electron chi connectivity index (χ0n) is 8.77. The van der Waals surface area contributed by atoms with Crippen LogP contribution in [0.1, 0.15) is 11.3 Å². The molecule has 0 atom stereocenters. The average molecular weight is 214 g/mol. The lowest BCUT2D eigenvalue weighted by Gasteiger charge is -1.93. The van der Waals surface area contributed by atoms with Gasteiger partial charge in [0.1, 0.15) is 18.0 Å². The first-order valence-electron chi connectivity index (χ1n) is 4.79. The molecule has 80 valence electrons. The Kier molecular flexibility index (Phi) is 2.94. The van der Waals surface area contributed by atoms with Gasteiger partial charge in [-0.25, -0.2) is 9.97 Å². The quantitative estimate of drug-likeness (QED) is 0.834. The summed E-state index contributed by atoms with van der Waals surface area (Å²) in [7, 11) is 1.84. The molecule has 0 aliphatic heterocycles. The summed E-state index contributed by atoms with van der Waals surface area (Å²) in [5.74, 6) is 0.467. The third-order valence-corrected chi connectivity index (χ3v) is 2.02. The SMILES string of the molecule is CNCc1coc(-c2ccc(C#N)cn2)n1. The predicted octanol–water partition coefficient (Wildman–Crippen LogP) is 1.33. The molecule has 2 rings (SSSR count). The van der Waals surface area contributed by atoms with Crippen molar-refractivity contribution in [3.05, 3.63) is 35.9 Å². The molecule has 2 heterocycles. The number of nitrogens with one attached hydrogen (secondary N) is 1. The molecule has 0 amide bonds. The normalized spacial score (nSPS) is 10.0. The van der Waals surface area contributed by atoms with E-state index >= 15 is 0 Å². The minimum atomic E-state index is 0.467. The smallest absolute Gasteiger partial charge is 0.245 e. The van der Waals surface area contributed by atoms with Crippen LogP contribution in [0, 0.1) is 11.3 Å². The molecule has 0 saturated carbocycles. The molecule has 0 bridgehead atoms. The third-order valence-electron chi connectivity index (χ3n) is 2.02. The Balaban J connectivity index is 2.25. The maximum atomic E-state index is 8.64. The Morgan fingerprint density at radius 1 is 1.50 bits per heavy atom. The van der Waals surface area contributed by atoms with Crippen molar-refractivity contribution in [2.45, 2.75) is 6.54 Å². The summed E-state index contributed by atoms with van der Waals surface area (Å²) >= 11 is 0. The molecule has 0 saturated heterocycles. The van der Waals surface area contributed by atoms with Crippen molar-refractivity contribution < 1.29 is 4.42 Å². The van der Waals surface area contributed by atoms with Gasteiger partial charge in [-0.15, -0.1) is 0 Å². The fourth-order valence-electron chi connectivity index (χ4n) is 1.27. The number of rotatable bonds is 3. The van der Waals surface area contributed by atoms with Gasteiger partial charge in [-0.2, -0.15) is 5.26 Å². The zero-order chi connectivity index (χ0) is 11.4. The van der Waals surface area contributed by atoms with E-state index in [0.717, 1.165) is 5.69 Å². The fourth-order valence-corrected chi connectivity index (χ4v) is 1.27. The van der Waals surface area contributed by atoms with Crippen molar-refractivity contribution >= 4 is 0 Å². The van der Waals surface area contributed by atoms with Gasteiger partial charge in [0.05, 0.1) is 11.3 Å². The van der Waals surface area contributed by atoms with Crippen LogP contribution in [0.2, 0.25) is 0 Å². The first-order chi connectivity index (χ1) is 7.83.